The maximum atomic E-state index is 12.5. The van der Waals surface area contributed by atoms with Crippen LogP contribution in [0.1, 0.15) is 31.7 Å². The molecule has 3 aromatic rings. The standard InChI is InChI=1S/C19H17Cl2N3O3/c20-11-2-1-3-15(8-11)27-14-6-4-13(5-7-14)24-17-16(9-12(21)10-22-17)23-18(25)19(24)26/h1-3,8-10,13-14H,4-7H2,(H,23,25). The second-order valence-corrected chi connectivity index (χ2v) is 7.53. The van der Waals surface area contributed by atoms with Crippen molar-refractivity contribution in [3.63, 3.8) is 0 Å². The summed E-state index contributed by atoms with van der Waals surface area (Å²) >= 11 is 12.0. The van der Waals surface area contributed by atoms with Gasteiger partial charge in [-0.3, -0.25) is 14.2 Å². The first-order valence-corrected chi connectivity index (χ1v) is 9.49. The van der Waals surface area contributed by atoms with Crippen LogP contribution in [0.25, 0.3) is 11.2 Å². The number of ether oxygens (including phenoxy) is 1. The summed E-state index contributed by atoms with van der Waals surface area (Å²) < 4.78 is 7.50. The van der Waals surface area contributed by atoms with E-state index in [0.29, 0.717) is 34.1 Å². The predicted molar refractivity (Wildman–Crippen MR) is 105 cm³/mol. The highest BCUT2D eigenvalue weighted by atomic mass is 35.5. The lowest BCUT2D eigenvalue weighted by molar-refractivity contribution is 0.133. The highest BCUT2D eigenvalue weighted by Crippen LogP contribution is 2.32. The van der Waals surface area contributed by atoms with E-state index in [0.717, 1.165) is 18.6 Å². The number of hydrogen-bond donors (Lipinski definition) is 1. The van der Waals surface area contributed by atoms with Crippen molar-refractivity contribution in [1.29, 1.82) is 0 Å². The van der Waals surface area contributed by atoms with Crippen LogP contribution in [-0.4, -0.2) is 20.6 Å². The molecule has 8 heteroatoms. The quantitative estimate of drug-likeness (QED) is 0.669. The Morgan fingerprint density at radius 3 is 2.59 bits per heavy atom. The van der Waals surface area contributed by atoms with Gasteiger partial charge in [-0.05, 0) is 49.9 Å². The van der Waals surface area contributed by atoms with Gasteiger partial charge in [-0.1, -0.05) is 29.3 Å². The van der Waals surface area contributed by atoms with Crippen LogP contribution in [0.15, 0.2) is 46.1 Å². The van der Waals surface area contributed by atoms with E-state index in [2.05, 4.69) is 9.97 Å². The Balaban J connectivity index is 1.57. The Bertz CT molecular complexity index is 1100. The van der Waals surface area contributed by atoms with E-state index < -0.39 is 11.1 Å². The number of nitrogens with zero attached hydrogens (tertiary/aromatic N) is 2. The van der Waals surface area contributed by atoms with Crippen molar-refractivity contribution in [1.82, 2.24) is 14.5 Å². The van der Waals surface area contributed by atoms with Gasteiger partial charge < -0.3 is 9.72 Å². The predicted octanol–water partition coefficient (Wildman–Crippen LogP) is 3.95. The number of hydrogen-bond acceptors (Lipinski definition) is 4. The van der Waals surface area contributed by atoms with Crippen LogP contribution in [0.2, 0.25) is 10.0 Å². The molecule has 2 aromatic heterocycles. The maximum Gasteiger partial charge on any atom is 0.318 e. The van der Waals surface area contributed by atoms with Crippen molar-refractivity contribution in [2.75, 3.05) is 0 Å². The molecule has 0 atom stereocenters. The van der Waals surface area contributed by atoms with Crippen molar-refractivity contribution in [3.8, 4) is 5.75 Å². The number of nitrogens with one attached hydrogen (secondary N) is 1. The normalized spacial score (nSPS) is 19.9. The molecule has 1 fully saturated rings. The van der Waals surface area contributed by atoms with Crippen LogP contribution in [0, 0.1) is 0 Å². The summed E-state index contributed by atoms with van der Waals surface area (Å²) in [6, 6.07) is 8.82. The number of aromatic nitrogens is 3. The zero-order chi connectivity index (χ0) is 19.0. The van der Waals surface area contributed by atoms with E-state index in [1.165, 1.54) is 10.8 Å². The van der Waals surface area contributed by atoms with Crippen LogP contribution in [-0.2, 0) is 0 Å². The van der Waals surface area contributed by atoms with Crippen LogP contribution in [0.5, 0.6) is 5.75 Å². The van der Waals surface area contributed by atoms with Crippen molar-refractivity contribution in [2.24, 2.45) is 0 Å². The first-order valence-electron chi connectivity index (χ1n) is 8.73. The minimum absolute atomic E-state index is 0.0473. The fraction of sp³-hybridized carbons (Fsp3) is 0.316. The molecule has 4 rings (SSSR count). The average Bonchev–Trinajstić information content (AvgIpc) is 2.64. The van der Waals surface area contributed by atoms with Gasteiger partial charge in [0.2, 0.25) is 0 Å². The van der Waals surface area contributed by atoms with Crippen LogP contribution in [0.4, 0.5) is 0 Å². The fourth-order valence-corrected chi connectivity index (χ4v) is 3.93. The Morgan fingerprint density at radius 2 is 1.85 bits per heavy atom. The summed E-state index contributed by atoms with van der Waals surface area (Å²) in [5.41, 5.74) is -0.340. The van der Waals surface area contributed by atoms with Gasteiger partial charge in [0.05, 0.1) is 16.6 Å². The third-order valence-electron chi connectivity index (χ3n) is 4.83. The highest BCUT2D eigenvalue weighted by molar-refractivity contribution is 6.31. The molecule has 0 aliphatic heterocycles. The minimum Gasteiger partial charge on any atom is -0.490 e. The molecule has 0 spiro atoms. The third kappa shape index (κ3) is 3.73. The first kappa shape index (κ1) is 18.1. The number of H-pyrrole nitrogens is 1. The molecular weight excluding hydrogens is 389 g/mol. The number of pyridine rings is 1. The fourth-order valence-electron chi connectivity index (χ4n) is 3.59. The van der Waals surface area contributed by atoms with E-state index in [-0.39, 0.29) is 12.1 Å². The second-order valence-electron chi connectivity index (χ2n) is 6.66. The molecule has 0 bridgehead atoms. The largest absolute Gasteiger partial charge is 0.490 e. The van der Waals surface area contributed by atoms with Crippen molar-refractivity contribution >= 4 is 34.4 Å². The van der Waals surface area contributed by atoms with Gasteiger partial charge in [-0.15, -0.1) is 0 Å². The Hall–Kier alpha value is -2.31. The lowest BCUT2D eigenvalue weighted by Crippen LogP contribution is -2.40. The van der Waals surface area contributed by atoms with E-state index in [4.69, 9.17) is 27.9 Å². The van der Waals surface area contributed by atoms with Gasteiger partial charge >= 0.3 is 11.1 Å². The average molecular weight is 406 g/mol. The van der Waals surface area contributed by atoms with Gasteiger partial charge in [0, 0.05) is 17.3 Å². The maximum absolute atomic E-state index is 12.5. The molecule has 0 amide bonds. The lowest BCUT2D eigenvalue weighted by Gasteiger charge is -2.30. The summed E-state index contributed by atoms with van der Waals surface area (Å²) in [5.74, 6) is 0.737. The Labute approximate surface area is 164 Å². The van der Waals surface area contributed by atoms with Gasteiger partial charge in [0.1, 0.15) is 5.75 Å². The van der Waals surface area contributed by atoms with Crippen LogP contribution in [0.3, 0.4) is 0 Å². The summed E-state index contributed by atoms with van der Waals surface area (Å²) in [7, 11) is 0. The SMILES string of the molecule is O=c1[nH]c2cc(Cl)cnc2n(C2CCC(Oc3cccc(Cl)c3)CC2)c1=O. The van der Waals surface area contributed by atoms with E-state index in [9.17, 15) is 9.59 Å². The number of rotatable bonds is 3. The second kappa shape index (κ2) is 7.37. The zero-order valence-electron chi connectivity index (χ0n) is 14.3. The van der Waals surface area contributed by atoms with Gasteiger partial charge in [-0.2, -0.15) is 0 Å². The van der Waals surface area contributed by atoms with Crippen molar-refractivity contribution in [2.45, 2.75) is 37.8 Å². The molecule has 0 radical (unpaired) electrons. The molecule has 0 saturated heterocycles. The minimum atomic E-state index is -0.663. The zero-order valence-corrected chi connectivity index (χ0v) is 15.8. The third-order valence-corrected chi connectivity index (χ3v) is 5.27. The highest BCUT2D eigenvalue weighted by Gasteiger charge is 2.26. The van der Waals surface area contributed by atoms with E-state index >= 15 is 0 Å². The lowest BCUT2D eigenvalue weighted by atomic mass is 9.92. The Morgan fingerprint density at radius 1 is 1.07 bits per heavy atom. The summed E-state index contributed by atoms with van der Waals surface area (Å²) in [6.45, 7) is 0. The van der Waals surface area contributed by atoms with Crippen molar-refractivity contribution in [3.05, 3.63) is 67.3 Å². The number of halogens is 2. The first-order chi connectivity index (χ1) is 13.0. The van der Waals surface area contributed by atoms with E-state index in [1.807, 2.05) is 12.1 Å². The number of fused-ring (bicyclic) bond motifs is 1. The molecule has 27 heavy (non-hydrogen) atoms. The molecule has 1 aliphatic carbocycles. The molecule has 1 aliphatic rings. The van der Waals surface area contributed by atoms with E-state index in [1.54, 1.807) is 18.2 Å². The van der Waals surface area contributed by atoms with Crippen LogP contribution < -0.4 is 15.9 Å². The molecule has 0 unspecified atom stereocenters. The summed E-state index contributed by atoms with van der Waals surface area (Å²) in [4.78, 5) is 31.3. The molecule has 2 heterocycles. The smallest absolute Gasteiger partial charge is 0.318 e. The summed E-state index contributed by atoms with van der Waals surface area (Å²) in [6.07, 6.45) is 4.50. The monoisotopic (exact) mass is 405 g/mol. The molecule has 1 N–H and O–H groups in total. The topological polar surface area (TPSA) is 77.0 Å². The summed E-state index contributed by atoms with van der Waals surface area (Å²) in [5, 5.41) is 1.04. The molecule has 1 aromatic carbocycles. The number of benzene rings is 1. The van der Waals surface area contributed by atoms with Crippen LogP contribution >= 0.6 is 23.2 Å². The molecule has 1 saturated carbocycles. The number of aromatic amines is 1. The molecule has 140 valence electrons. The molecule has 6 nitrogen and oxygen atoms in total. The Kier molecular flexibility index (Phi) is 4.93. The van der Waals surface area contributed by atoms with Gasteiger partial charge in [-0.25, -0.2) is 4.98 Å². The molecular formula is C19H17Cl2N3O3. The van der Waals surface area contributed by atoms with Gasteiger partial charge in [0.15, 0.2) is 5.65 Å². The van der Waals surface area contributed by atoms with Gasteiger partial charge in [0.25, 0.3) is 0 Å². The van der Waals surface area contributed by atoms with Crippen molar-refractivity contribution < 1.29 is 4.74 Å².